The van der Waals surface area contributed by atoms with Crippen LogP contribution in [0.4, 0.5) is 5.69 Å². The second-order valence-corrected chi connectivity index (χ2v) is 10.9. The number of thioether (sulfide) groups is 1. The molecule has 1 unspecified atom stereocenters. The number of carbonyl (C=O) groups excluding carboxylic acids is 1. The highest BCUT2D eigenvalue weighted by atomic mass is 32.2. The van der Waals surface area contributed by atoms with Crippen molar-refractivity contribution in [1.82, 2.24) is 9.55 Å². The lowest BCUT2D eigenvalue weighted by atomic mass is 9.97. The summed E-state index contributed by atoms with van der Waals surface area (Å²) in [5.74, 6) is -0.102. The number of anilines is 1. The van der Waals surface area contributed by atoms with Crippen molar-refractivity contribution in [2.75, 3.05) is 5.32 Å². The van der Waals surface area contributed by atoms with Crippen LogP contribution in [0.2, 0.25) is 0 Å². The molecule has 0 radical (unpaired) electrons. The minimum absolute atomic E-state index is 0.0189. The van der Waals surface area contributed by atoms with Gasteiger partial charge in [0.25, 0.3) is 5.56 Å². The van der Waals surface area contributed by atoms with E-state index < -0.39 is 5.25 Å². The quantitative estimate of drug-likeness (QED) is 0.293. The number of nitrogens with one attached hydrogen (secondary N) is 1. The van der Waals surface area contributed by atoms with Crippen LogP contribution in [-0.4, -0.2) is 20.7 Å². The van der Waals surface area contributed by atoms with E-state index in [2.05, 4.69) is 24.0 Å². The SMILES string of the molecule is C=CCn1c(SC(C)C(=O)Nc2c(C)cc(C)cc2C)nc2sc3c(c2c1=O)CCCC3. The van der Waals surface area contributed by atoms with Crippen LogP contribution in [0.3, 0.4) is 0 Å². The summed E-state index contributed by atoms with van der Waals surface area (Å²) < 4.78 is 1.66. The van der Waals surface area contributed by atoms with E-state index in [1.54, 1.807) is 22.0 Å². The van der Waals surface area contributed by atoms with Crippen LogP contribution in [0.5, 0.6) is 0 Å². The molecule has 0 aliphatic heterocycles. The molecule has 32 heavy (non-hydrogen) atoms. The zero-order chi connectivity index (χ0) is 23.0. The van der Waals surface area contributed by atoms with E-state index in [4.69, 9.17) is 4.98 Å². The second kappa shape index (κ2) is 9.24. The lowest BCUT2D eigenvalue weighted by Gasteiger charge is -2.17. The topological polar surface area (TPSA) is 64.0 Å². The summed E-state index contributed by atoms with van der Waals surface area (Å²) >= 11 is 2.96. The summed E-state index contributed by atoms with van der Waals surface area (Å²) in [6.07, 6.45) is 5.96. The Morgan fingerprint density at radius 2 is 1.97 bits per heavy atom. The van der Waals surface area contributed by atoms with Gasteiger partial charge < -0.3 is 5.32 Å². The Labute approximate surface area is 197 Å². The van der Waals surface area contributed by atoms with Crippen molar-refractivity contribution in [2.45, 2.75) is 70.3 Å². The van der Waals surface area contributed by atoms with E-state index in [-0.39, 0.29) is 11.5 Å². The molecule has 0 spiro atoms. The molecule has 0 saturated heterocycles. The lowest BCUT2D eigenvalue weighted by molar-refractivity contribution is -0.115. The van der Waals surface area contributed by atoms with Gasteiger partial charge in [0.15, 0.2) is 5.16 Å². The van der Waals surface area contributed by atoms with Gasteiger partial charge in [-0.3, -0.25) is 14.2 Å². The van der Waals surface area contributed by atoms with Gasteiger partial charge in [0.05, 0.1) is 10.6 Å². The Hall–Kier alpha value is -2.38. The third-order valence-corrected chi connectivity index (χ3v) is 8.20. The Morgan fingerprint density at radius 3 is 2.66 bits per heavy atom. The molecular weight excluding hydrogens is 438 g/mol. The Balaban J connectivity index is 1.66. The molecular formula is C25H29N3O2S2. The molecule has 2 aromatic heterocycles. The third kappa shape index (κ3) is 4.28. The summed E-state index contributed by atoms with van der Waals surface area (Å²) in [5.41, 5.74) is 5.27. The highest BCUT2D eigenvalue weighted by Crippen LogP contribution is 2.35. The smallest absolute Gasteiger partial charge is 0.263 e. The molecule has 1 N–H and O–H groups in total. The number of rotatable bonds is 6. The number of benzene rings is 1. The summed E-state index contributed by atoms with van der Waals surface area (Å²) in [4.78, 5) is 33.4. The zero-order valence-electron chi connectivity index (χ0n) is 19.1. The van der Waals surface area contributed by atoms with Gasteiger partial charge in [0.2, 0.25) is 5.91 Å². The van der Waals surface area contributed by atoms with Crippen molar-refractivity contribution in [3.8, 4) is 0 Å². The number of allylic oxidation sites excluding steroid dienone is 1. The van der Waals surface area contributed by atoms with E-state index in [0.29, 0.717) is 11.7 Å². The highest BCUT2D eigenvalue weighted by molar-refractivity contribution is 8.00. The largest absolute Gasteiger partial charge is 0.325 e. The maximum absolute atomic E-state index is 13.4. The first kappa shape index (κ1) is 22.8. The van der Waals surface area contributed by atoms with E-state index in [1.807, 2.05) is 27.7 Å². The number of amides is 1. The van der Waals surface area contributed by atoms with Gasteiger partial charge in [-0.2, -0.15) is 0 Å². The fraction of sp³-hybridized carbons (Fsp3) is 0.400. The van der Waals surface area contributed by atoms with Gasteiger partial charge >= 0.3 is 0 Å². The number of nitrogens with zero attached hydrogens (tertiary/aromatic N) is 2. The predicted molar refractivity (Wildman–Crippen MR) is 135 cm³/mol. The maximum atomic E-state index is 13.4. The molecule has 4 rings (SSSR count). The maximum Gasteiger partial charge on any atom is 0.263 e. The van der Waals surface area contributed by atoms with E-state index in [1.165, 1.54) is 27.8 Å². The van der Waals surface area contributed by atoms with Crippen LogP contribution < -0.4 is 10.9 Å². The van der Waals surface area contributed by atoms with Gasteiger partial charge in [-0.05, 0) is 70.1 Å². The number of carbonyl (C=O) groups is 1. The van der Waals surface area contributed by atoms with Crippen molar-refractivity contribution in [3.63, 3.8) is 0 Å². The van der Waals surface area contributed by atoms with Crippen LogP contribution in [0.25, 0.3) is 10.2 Å². The lowest BCUT2D eigenvalue weighted by Crippen LogP contribution is -2.27. The van der Waals surface area contributed by atoms with E-state index >= 15 is 0 Å². The first-order valence-electron chi connectivity index (χ1n) is 11.0. The molecule has 1 atom stereocenters. The molecule has 2 heterocycles. The summed E-state index contributed by atoms with van der Waals surface area (Å²) in [6, 6.07) is 4.13. The number of hydrogen-bond acceptors (Lipinski definition) is 5. The molecule has 1 aliphatic carbocycles. The van der Waals surface area contributed by atoms with Crippen LogP contribution >= 0.6 is 23.1 Å². The first-order valence-corrected chi connectivity index (χ1v) is 12.7. The van der Waals surface area contributed by atoms with Crippen LogP contribution in [0.15, 0.2) is 34.7 Å². The molecule has 0 fully saturated rings. The van der Waals surface area contributed by atoms with Gasteiger partial charge in [0.1, 0.15) is 4.83 Å². The summed E-state index contributed by atoms with van der Waals surface area (Å²) in [7, 11) is 0. The van der Waals surface area contributed by atoms with E-state index in [9.17, 15) is 9.59 Å². The number of aryl methyl sites for hydroxylation is 5. The Kier molecular flexibility index (Phi) is 6.58. The monoisotopic (exact) mass is 467 g/mol. The molecule has 0 saturated carbocycles. The average Bonchev–Trinajstić information content (AvgIpc) is 3.11. The summed E-state index contributed by atoms with van der Waals surface area (Å²) in [6.45, 7) is 12.1. The fourth-order valence-electron chi connectivity index (χ4n) is 4.41. The first-order chi connectivity index (χ1) is 15.3. The van der Waals surface area contributed by atoms with Crippen LogP contribution in [0.1, 0.15) is 46.9 Å². The normalized spacial score (nSPS) is 14.2. The fourth-order valence-corrected chi connectivity index (χ4v) is 6.63. The molecule has 1 aromatic carbocycles. The van der Waals surface area contributed by atoms with Crippen molar-refractivity contribution >= 4 is 44.9 Å². The van der Waals surface area contributed by atoms with Crippen molar-refractivity contribution < 1.29 is 4.79 Å². The molecule has 5 nitrogen and oxygen atoms in total. The second-order valence-electron chi connectivity index (χ2n) is 8.51. The molecule has 7 heteroatoms. The number of thiophene rings is 1. The number of fused-ring (bicyclic) bond motifs is 3. The number of aromatic nitrogens is 2. The minimum Gasteiger partial charge on any atom is -0.325 e. The van der Waals surface area contributed by atoms with Crippen molar-refractivity contribution in [2.24, 2.45) is 0 Å². The van der Waals surface area contributed by atoms with Gasteiger partial charge in [0, 0.05) is 17.1 Å². The van der Waals surface area contributed by atoms with Crippen molar-refractivity contribution in [3.05, 3.63) is 62.3 Å². The molecule has 1 aliphatic rings. The third-order valence-electron chi connectivity index (χ3n) is 5.93. The molecule has 168 valence electrons. The minimum atomic E-state index is -0.412. The number of hydrogen-bond donors (Lipinski definition) is 1. The molecule has 0 bridgehead atoms. The Bertz CT molecular complexity index is 1250. The van der Waals surface area contributed by atoms with Crippen molar-refractivity contribution in [1.29, 1.82) is 0 Å². The van der Waals surface area contributed by atoms with Gasteiger partial charge in [-0.25, -0.2) is 4.98 Å². The Morgan fingerprint density at radius 1 is 1.28 bits per heavy atom. The van der Waals surface area contributed by atoms with E-state index in [0.717, 1.165) is 52.7 Å². The predicted octanol–water partition coefficient (Wildman–Crippen LogP) is 5.57. The van der Waals surface area contributed by atoms with Gasteiger partial charge in [-0.15, -0.1) is 17.9 Å². The average molecular weight is 468 g/mol. The highest BCUT2D eigenvalue weighted by Gasteiger charge is 2.24. The standard InChI is InChI=1S/C25H29N3O2S2/c1-6-11-28-24(30)20-18-9-7-8-10-19(18)32-23(20)27-25(28)31-17(5)22(29)26-21-15(3)12-14(2)13-16(21)4/h6,12-13,17H,1,7-11H2,2-5H3,(H,26,29). The summed E-state index contributed by atoms with van der Waals surface area (Å²) in [5, 5.41) is 4.00. The van der Waals surface area contributed by atoms with Crippen LogP contribution in [-0.2, 0) is 24.2 Å². The zero-order valence-corrected chi connectivity index (χ0v) is 20.7. The van der Waals surface area contributed by atoms with Crippen LogP contribution in [0, 0.1) is 20.8 Å². The molecule has 3 aromatic rings. The van der Waals surface area contributed by atoms with Gasteiger partial charge in [-0.1, -0.05) is 35.5 Å². The molecule has 1 amide bonds.